The van der Waals surface area contributed by atoms with E-state index in [2.05, 4.69) is 55.6 Å². The molecule has 1 amide bonds. The molecular formula is C89H171NO5. The SMILES string of the molecule is CCCCC/C=C\C/C=C\CCCCCCCCCC(=O)OCCCCCCCCCCCCCCCCCC/C=C\CCCCCCCCCCCCCCCCCCCC(=O)NC(CO)C(O)CCCCCCCCCCCCCCCCCCCCCCCCCC. The highest BCUT2D eigenvalue weighted by molar-refractivity contribution is 5.76. The van der Waals surface area contributed by atoms with Gasteiger partial charge in [-0.15, -0.1) is 0 Å². The fourth-order valence-electron chi connectivity index (χ4n) is 14.0. The molecule has 0 rings (SSSR count). The van der Waals surface area contributed by atoms with Crippen LogP contribution in [0.1, 0.15) is 495 Å². The highest BCUT2D eigenvalue weighted by Crippen LogP contribution is 2.21. The van der Waals surface area contributed by atoms with Crippen LogP contribution in [0.5, 0.6) is 0 Å². The topological polar surface area (TPSA) is 95.9 Å². The molecule has 6 heteroatoms. The molecule has 0 aromatic carbocycles. The van der Waals surface area contributed by atoms with E-state index in [-0.39, 0.29) is 18.5 Å². The van der Waals surface area contributed by atoms with Crippen molar-refractivity contribution in [2.24, 2.45) is 0 Å². The molecule has 2 atom stereocenters. The number of aliphatic hydroxyl groups is 2. The summed E-state index contributed by atoms with van der Waals surface area (Å²) < 4.78 is 5.51. The number of rotatable bonds is 83. The summed E-state index contributed by atoms with van der Waals surface area (Å²) in [5.41, 5.74) is 0. The Morgan fingerprint density at radius 1 is 0.295 bits per heavy atom. The lowest BCUT2D eigenvalue weighted by molar-refractivity contribution is -0.143. The highest BCUT2D eigenvalue weighted by atomic mass is 16.5. The number of allylic oxidation sites excluding steroid dienone is 6. The van der Waals surface area contributed by atoms with E-state index in [9.17, 15) is 19.8 Å². The Labute approximate surface area is 595 Å². The van der Waals surface area contributed by atoms with Gasteiger partial charge in [0, 0.05) is 12.8 Å². The predicted octanol–water partition coefficient (Wildman–Crippen LogP) is 29.3. The first-order valence-electron chi connectivity index (χ1n) is 43.7. The van der Waals surface area contributed by atoms with Crippen LogP contribution < -0.4 is 5.32 Å². The lowest BCUT2D eigenvalue weighted by Gasteiger charge is -2.22. The molecule has 0 aliphatic rings. The van der Waals surface area contributed by atoms with Gasteiger partial charge in [0.2, 0.25) is 5.91 Å². The molecule has 0 aliphatic heterocycles. The van der Waals surface area contributed by atoms with Crippen LogP contribution in [0.25, 0.3) is 0 Å². The molecule has 0 saturated heterocycles. The second-order valence-corrected chi connectivity index (χ2v) is 30.2. The van der Waals surface area contributed by atoms with Crippen LogP contribution in [0.2, 0.25) is 0 Å². The first-order valence-corrected chi connectivity index (χ1v) is 43.7. The molecule has 0 fully saturated rings. The Kier molecular flexibility index (Phi) is 82.8. The van der Waals surface area contributed by atoms with Gasteiger partial charge in [0.1, 0.15) is 0 Å². The van der Waals surface area contributed by atoms with E-state index in [1.807, 2.05) is 0 Å². The van der Waals surface area contributed by atoms with Gasteiger partial charge in [-0.3, -0.25) is 9.59 Å². The number of esters is 1. The van der Waals surface area contributed by atoms with Gasteiger partial charge in [-0.25, -0.2) is 0 Å². The van der Waals surface area contributed by atoms with Crippen molar-refractivity contribution < 1.29 is 24.5 Å². The van der Waals surface area contributed by atoms with Gasteiger partial charge < -0.3 is 20.3 Å². The largest absolute Gasteiger partial charge is 0.466 e. The van der Waals surface area contributed by atoms with Crippen molar-refractivity contribution in [3.8, 4) is 0 Å². The zero-order valence-electron chi connectivity index (χ0n) is 64.7. The van der Waals surface area contributed by atoms with Crippen LogP contribution in [-0.2, 0) is 14.3 Å². The standard InChI is InChI=1S/C89H171NO5/c1-3-5-7-9-11-13-15-17-19-21-22-23-24-40-43-46-50-53-57-61-65-69-73-77-81-87(92)86(85-91)90-88(93)82-78-74-70-66-62-58-54-51-47-44-41-38-36-34-32-30-28-26-25-27-29-31-33-35-37-39-42-45-48-52-56-60-64-68-72-76-80-84-95-89(94)83-79-75-71-67-63-59-55-49-20-18-16-14-12-10-8-6-4-2/h12,14,18,20,25,27,86-87,91-92H,3-11,13,15-17,19,21-24,26,28-85H2,1-2H3,(H,90,93)/b14-12-,20-18-,27-25-. The van der Waals surface area contributed by atoms with E-state index in [1.165, 1.54) is 411 Å². The summed E-state index contributed by atoms with van der Waals surface area (Å²) >= 11 is 0. The maximum absolute atomic E-state index is 12.6. The average molecular weight is 1340 g/mol. The van der Waals surface area contributed by atoms with Crippen LogP contribution in [0.4, 0.5) is 0 Å². The van der Waals surface area contributed by atoms with Crippen molar-refractivity contribution in [2.75, 3.05) is 13.2 Å². The van der Waals surface area contributed by atoms with Gasteiger partial charge in [-0.05, 0) is 83.5 Å². The smallest absolute Gasteiger partial charge is 0.305 e. The number of aliphatic hydroxyl groups excluding tert-OH is 2. The summed E-state index contributed by atoms with van der Waals surface area (Å²) in [6.45, 7) is 4.98. The monoisotopic (exact) mass is 1330 g/mol. The lowest BCUT2D eigenvalue weighted by atomic mass is 10.0. The second kappa shape index (κ2) is 84.5. The number of unbranched alkanes of at least 4 members (excludes halogenated alkanes) is 66. The van der Waals surface area contributed by atoms with Crippen molar-refractivity contribution in [3.05, 3.63) is 36.5 Å². The first-order chi connectivity index (χ1) is 47.0. The molecule has 0 heterocycles. The van der Waals surface area contributed by atoms with Crippen LogP contribution in [-0.4, -0.2) is 47.4 Å². The third kappa shape index (κ3) is 80.9. The first kappa shape index (κ1) is 93.1. The molecule has 0 saturated carbocycles. The number of hydrogen-bond acceptors (Lipinski definition) is 5. The summed E-state index contributed by atoms with van der Waals surface area (Å²) in [5.74, 6) is -0.0103. The van der Waals surface area contributed by atoms with Crippen LogP contribution in [0.3, 0.4) is 0 Å². The Morgan fingerprint density at radius 3 is 0.832 bits per heavy atom. The second-order valence-electron chi connectivity index (χ2n) is 30.2. The average Bonchev–Trinajstić information content (AvgIpc) is 2.97. The lowest BCUT2D eigenvalue weighted by Crippen LogP contribution is -2.45. The van der Waals surface area contributed by atoms with Crippen LogP contribution in [0, 0.1) is 0 Å². The predicted molar refractivity (Wildman–Crippen MR) is 421 cm³/mol. The maximum atomic E-state index is 12.6. The fraction of sp³-hybridized carbons (Fsp3) is 0.910. The molecule has 0 aromatic heterocycles. The molecule has 6 nitrogen and oxygen atoms in total. The number of nitrogens with one attached hydrogen (secondary N) is 1. The van der Waals surface area contributed by atoms with Crippen molar-refractivity contribution in [1.29, 1.82) is 0 Å². The molecule has 0 aliphatic carbocycles. The van der Waals surface area contributed by atoms with Crippen molar-refractivity contribution in [1.82, 2.24) is 5.32 Å². The molecule has 0 radical (unpaired) electrons. The fourth-order valence-corrected chi connectivity index (χ4v) is 14.0. The van der Waals surface area contributed by atoms with E-state index in [0.29, 0.717) is 25.9 Å². The van der Waals surface area contributed by atoms with Crippen molar-refractivity contribution >= 4 is 11.9 Å². The zero-order chi connectivity index (χ0) is 68.4. The van der Waals surface area contributed by atoms with Crippen molar-refractivity contribution in [3.63, 3.8) is 0 Å². The van der Waals surface area contributed by atoms with Gasteiger partial charge in [0.25, 0.3) is 0 Å². The molecule has 2 unspecified atom stereocenters. The molecule has 95 heavy (non-hydrogen) atoms. The number of carbonyl (C=O) groups excluding carboxylic acids is 2. The minimum atomic E-state index is -0.663. The van der Waals surface area contributed by atoms with Gasteiger partial charge in [-0.1, -0.05) is 436 Å². The van der Waals surface area contributed by atoms with Gasteiger partial charge in [0.05, 0.1) is 25.4 Å². The maximum Gasteiger partial charge on any atom is 0.305 e. The summed E-state index contributed by atoms with van der Waals surface area (Å²) in [6, 6.07) is -0.540. The minimum Gasteiger partial charge on any atom is -0.466 e. The van der Waals surface area contributed by atoms with E-state index < -0.39 is 12.1 Å². The molecule has 562 valence electrons. The van der Waals surface area contributed by atoms with E-state index in [0.717, 1.165) is 51.4 Å². The summed E-state index contributed by atoms with van der Waals surface area (Å²) in [5, 5.41) is 23.5. The summed E-state index contributed by atoms with van der Waals surface area (Å²) in [7, 11) is 0. The Morgan fingerprint density at radius 2 is 0.526 bits per heavy atom. The molecular weight excluding hydrogens is 1160 g/mol. The normalized spacial score (nSPS) is 12.6. The third-order valence-electron chi connectivity index (χ3n) is 20.7. The summed E-state index contributed by atoms with van der Waals surface area (Å²) in [4.78, 5) is 24.7. The quantitative estimate of drug-likeness (QED) is 0.0320. The molecule has 0 spiro atoms. The number of amides is 1. The highest BCUT2D eigenvalue weighted by Gasteiger charge is 2.20. The molecule has 0 aromatic rings. The van der Waals surface area contributed by atoms with Gasteiger partial charge >= 0.3 is 5.97 Å². The minimum absolute atomic E-state index is 0.0146. The Bertz CT molecular complexity index is 1540. The van der Waals surface area contributed by atoms with Gasteiger partial charge in [-0.2, -0.15) is 0 Å². The Hall–Kier alpha value is -1.92. The third-order valence-corrected chi connectivity index (χ3v) is 20.7. The number of ether oxygens (including phenoxy) is 1. The van der Waals surface area contributed by atoms with E-state index in [4.69, 9.17) is 4.74 Å². The van der Waals surface area contributed by atoms with E-state index >= 15 is 0 Å². The molecule has 0 bridgehead atoms. The van der Waals surface area contributed by atoms with Crippen LogP contribution in [0.15, 0.2) is 36.5 Å². The van der Waals surface area contributed by atoms with Crippen LogP contribution >= 0.6 is 0 Å². The van der Waals surface area contributed by atoms with E-state index in [1.54, 1.807) is 0 Å². The Balaban J connectivity index is 3.34. The zero-order valence-corrected chi connectivity index (χ0v) is 64.7. The van der Waals surface area contributed by atoms with Gasteiger partial charge in [0.15, 0.2) is 0 Å². The molecule has 3 N–H and O–H groups in total. The van der Waals surface area contributed by atoms with Crippen molar-refractivity contribution in [2.45, 2.75) is 508 Å². The number of hydrogen-bond donors (Lipinski definition) is 3. The summed E-state index contributed by atoms with van der Waals surface area (Å²) in [6.07, 6.45) is 111. The number of carbonyl (C=O) groups is 2.